The summed E-state index contributed by atoms with van der Waals surface area (Å²) in [6.07, 6.45) is -2.82. The van der Waals surface area contributed by atoms with Crippen LogP contribution in [-0.4, -0.2) is 138 Å². The number of nitrogens with two attached hydrogens (primary N) is 2. The Morgan fingerprint density at radius 1 is 0.480 bits per heavy atom. The van der Waals surface area contributed by atoms with Gasteiger partial charge in [0.05, 0.1) is 12.8 Å². The van der Waals surface area contributed by atoms with E-state index >= 15 is 0 Å². The highest BCUT2D eigenvalue weighted by Gasteiger charge is 2.31. The van der Waals surface area contributed by atoms with Crippen LogP contribution in [0.3, 0.4) is 0 Å². The average Bonchev–Trinajstić information content (AvgIpc) is 3.00. The molecule has 0 radical (unpaired) electrons. The molecular formula is C26H40N6O16S2. The molecule has 0 aliphatic heterocycles. The van der Waals surface area contributed by atoms with Crippen LogP contribution in [0.2, 0.25) is 0 Å². The molecular weight excluding hydrogens is 716 g/mol. The van der Waals surface area contributed by atoms with Crippen LogP contribution in [0.4, 0.5) is 0 Å². The van der Waals surface area contributed by atoms with Gasteiger partial charge in [-0.15, -0.1) is 0 Å². The fourth-order valence-corrected chi connectivity index (χ4v) is 5.97. The highest BCUT2D eigenvalue weighted by molar-refractivity contribution is 8.76. The van der Waals surface area contributed by atoms with Gasteiger partial charge >= 0.3 is 35.8 Å². The lowest BCUT2D eigenvalue weighted by molar-refractivity contribution is -0.147. The molecule has 0 spiro atoms. The van der Waals surface area contributed by atoms with Gasteiger partial charge in [-0.1, -0.05) is 21.6 Å². The van der Waals surface area contributed by atoms with E-state index in [2.05, 4.69) is 10.6 Å². The zero-order valence-corrected chi connectivity index (χ0v) is 27.9. The minimum atomic E-state index is -1.88. The molecule has 0 rings (SSSR count). The summed E-state index contributed by atoms with van der Waals surface area (Å²) in [5.41, 5.74) is 10.8. The third-order valence-electron chi connectivity index (χ3n) is 6.32. The summed E-state index contributed by atoms with van der Waals surface area (Å²) >= 11 is 0. The lowest BCUT2D eigenvalue weighted by Gasteiger charge is -2.22. The highest BCUT2D eigenvalue weighted by Crippen LogP contribution is 2.24. The third kappa shape index (κ3) is 20.0. The number of carbonyl (C=O) groups excluding carboxylic acids is 4. The molecule has 6 atom stereocenters. The molecule has 0 aromatic rings. The van der Waals surface area contributed by atoms with Crippen molar-refractivity contribution in [2.75, 3.05) is 11.5 Å². The van der Waals surface area contributed by atoms with Crippen LogP contribution in [0.15, 0.2) is 0 Å². The van der Waals surface area contributed by atoms with Gasteiger partial charge in [-0.2, -0.15) is 0 Å². The molecule has 0 aromatic heterocycles. The molecule has 50 heavy (non-hydrogen) atoms. The minimum Gasteiger partial charge on any atom is -0.481 e. The van der Waals surface area contributed by atoms with Crippen molar-refractivity contribution in [3.05, 3.63) is 0 Å². The SMILES string of the molecule is N[C@@H](CCCC(=O)N[C@@H](CSSC[C@H](NC(=O)CCC[C@H](N)C(=O)O)C(=O)N[C@H](CC(=O)O)C(=O)O)C(=O)N[C@H](CC(=O)O)C(=O)O)C(=O)O. The summed E-state index contributed by atoms with van der Waals surface area (Å²) in [5.74, 6) is -13.5. The Hall–Kier alpha value is -4.68. The number of carbonyl (C=O) groups is 10. The zero-order valence-electron chi connectivity index (χ0n) is 26.3. The van der Waals surface area contributed by atoms with Crippen LogP contribution in [0.25, 0.3) is 0 Å². The topological polar surface area (TPSA) is 392 Å². The van der Waals surface area contributed by atoms with Crippen molar-refractivity contribution in [1.82, 2.24) is 21.3 Å². The van der Waals surface area contributed by atoms with E-state index in [1.54, 1.807) is 0 Å². The number of hydrogen-bond donors (Lipinski definition) is 12. The van der Waals surface area contributed by atoms with Crippen LogP contribution < -0.4 is 32.7 Å². The molecule has 0 saturated carbocycles. The summed E-state index contributed by atoms with van der Waals surface area (Å²) in [6, 6.07) is -9.29. The predicted octanol–water partition coefficient (Wildman–Crippen LogP) is -3.41. The Morgan fingerprint density at radius 2 is 0.800 bits per heavy atom. The minimum absolute atomic E-state index is 0.00968. The quantitative estimate of drug-likeness (QED) is 0.0287. The Balaban J connectivity index is 5.78. The van der Waals surface area contributed by atoms with Crippen LogP contribution in [-0.2, 0) is 47.9 Å². The number of aliphatic carboxylic acids is 6. The molecule has 24 heteroatoms. The van der Waals surface area contributed by atoms with E-state index in [9.17, 15) is 58.2 Å². The van der Waals surface area contributed by atoms with E-state index in [0.717, 1.165) is 21.6 Å². The molecule has 0 aliphatic rings. The van der Waals surface area contributed by atoms with Crippen LogP contribution in [0, 0.1) is 0 Å². The zero-order chi connectivity index (χ0) is 38.6. The first kappa shape index (κ1) is 45.3. The van der Waals surface area contributed by atoms with Gasteiger partial charge in [0, 0.05) is 24.3 Å². The maximum Gasteiger partial charge on any atom is 0.326 e. The molecule has 0 bridgehead atoms. The Kier molecular flexibility index (Phi) is 21.4. The Morgan fingerprint density at radius 3 is 1.06 bits per heavy atom. The number of amides is 4. The van der Waals surface area contributed by atoms with Crippen molar-refractivity contribution in [2.24, 2.45) is 11.5 Å². The van der Waals surface area contributed by atoms with Crippen molar-refractivity contribution in [3.63, 3.8) is 0 Å². The molecule has 0 unspecified atom stereocenters. The van der Waals surface area contributed by atoms with Gasteiger partial charge in [-0.3, -0.25) is 38.4 Å². The molecule has 0 aliphatic carbocycles. The normalized spacial score (nSPS) is 14.4. The van der Waals surface area contributed by atoms with Crippen molar-refractivity contribution >= 4 is 81.0 Å². The standard InChI is InChI=1S/C26H40N6O16S2/c27-11(23(41)42)3-1-5-17(33)29-15(21(39)31-13(25(45)46)7-19(35)36)9-49-50-10-16(22(40)32-14(26(47)48)8-20(37)38)30-18(34)6-2-4-12(28)24(43)44/h11-16H,1-10,27-28H2,(H,29,33)(H,30,34)(H,31,39)(H,32,40)(H,35,36)(H,37,38)(H,41,42)(H,43,44)(H,45,46)(H,47,48)/t11-,12-,13+,14+,15-,16-/m0/s1. The summed E-state index contributed by atoms with van der Waals surface area (Å²) in [4.78, 5) is 118. The van der Waals surface area contributed by atoms with E-state index in [-0.39, 0.29) is 50.0 Å². The second-order valence-corrected chi connectivity index (χ2v) is 13.0. The predicted molar refractivity (Wildman–Crippen MR) is 171 cm³/mol. The fraction of sp³-hybridized carbons (Fsp3) is 0.615. The van der Waals surface area contributed by atoms with Gasteiger partial charge in [0.1, 0.15) is 36.3 Å². The second-order valence-electron chi connectivity index (χ2n) is 10.5. The molecule has 0 heterocycles. The first-order valence-electron chi connectivity index (χ1n) is 14.5. The lowest BCUT2D eigenvalue weighted by Crippen LogP contribution is -2.53. The molecule has 282 valence electrons. The maximum atomic E-state index is 12.9. The van der Waals surface area contributed by atoms with Crippen LogP contribution in [0.1, 0.15) is 51.4 Å². The van der Waals surface area contributed by atoms with E-state index in [1.807, 2.05) is 10.6 Å². The monoisotopic (exact) mass is 756 g/mol. The smallest absolute Gasteiger partial charge is 0.326 e. The summed E-state index contributed by atoms with van der Waals surface area (Å²) in [6.45, 7) is 0. The van der Waals surface area contributed by atoms with Crippen molar-refractivity contribution in [3.8, 4) is 0 Å². The molecule has 0 saturated heterocycles. The molecule has 0 fully saturated rings. The van der Waals surface area contributed by atoms with Crippen LogP contribution >= 0.6 is 21.6 Å². The van der Waals surface area contributed by atoms with Crippen molar-refractivity contribution in [1.29, 1.82) is 0 Å². The summed E-state index contributed by atoms with van der Waals surface area (Å²) in [5, 5.41) is 62.9. The third-order valence-corrected chi connectivity index (χ3v) is 8.74. The largest absolute Gasteiger partial charge is 0.481 e. The highest BCUT2D eigenvalue weighted by atomic mass is 33.1. The molecule has 14 N–H and O–H groups in total. The lowest BCUT2D eigenvalue weighted by atomic mass is 10.1. The number of hydrogen-bond acceptors (Lipinski definition) is 14. The van der Waals surface area contributed by atoms with Gasteiger partial charge in [0.25, 0.3) is 0 Å². The van der Waals surface area contributed by atoms with Crippen molar-refractivity contribution < 1.29 is 78.6 Å². The van der Waals surface area contributed by atoms with Gasteiger partial charge in [-0.25, -0.2) is 9.59 Å². The number of nitrogens with one attached hydrogen (secondary N) is 4. The van der Waals surface area contributed by atoms with Gasteiger partial charge in [0.15, 0.2) is 0 Å². The first-order valence-corrected chi connectivity index (χ1v) is 17.0. The van der Waals surface area contributed by atoms with Crippen LogP contribution in [0.5, 0.6) is 0 Å². The van der Waals surface area contributed by atoms with Gasteiger partial charge in [-0.05, 0) is 25.7 Å². The van der Waals surface area contributed by atoms with E-state index in [0.29, 0.717) is 0 Å². The molecule has 22 nitrogen and oxygen atoms in total. The summed E-state index contributed by atoms with van der Waals surface area (Å²) < 4.78 is 0. The first-order chi connectivity index (χ1) is 23.2. The molecule has 0 aromatic carbocycles. The number of carboxylic acids is 6. The average molecular weight is 757 g/mol. The van der Waals surface area contributed by atoms with Gasteiger partial charge in [0.2, 0.25) is 23.6 Å². The Labute approximate surface area is 291 Å². The maximum absolute atomic E-state index is 12.9. The Bertz CT molecular complexity index is 1180. The number of carboxylic acid groups (broad SMARTS) is 6. The fourth-order valence-electron chi connectivity index (χ4n) is 3.64. The van der Waals surface area contributed by atoms with Crippen molar-refractivity contribution in [2.45, 2.75) is 87.6 Å². The van der Waals surface area contributed by atoms with Gasteiger partial charge < -0.3 is 63.4 Å². The molecule has 4 amide bonds. The number of rotatable bonds is 27. The van der Waals surface area contributed by atoms with E-state index < -0.39 is 109 Å². The summed E-state index contributed by atoms with van der Waals surface area (Å²) in [7, 11) is 1.61. The second kappa shape index (κ2) is 23.6. The van der Waals surface area contributed by atoms with E-state index in [4.69, 9.17) is 31.9 Å². The van der Waals surface area contributed by atoms with E-state index in [1.165, 1.54) is 0 Å².